The van der Waals surface area contributed by atoms with Crippen LogP contribution in [0.5, 0.6) is 0 Å². The largest absolute Gasteiger partial charge is 0.451 e. The molecule has 1 fully saturated rings. The van der Waals surface area contributed by atoms with Crippen LogP contribution in [0.4, 0.5) is 11.6 Å². The first-order valence-corrected chi connectivity index (χ1v) is 17.7. The highest BCUT2D eigenvalue weighted by atomic mass is 16.6. The van der Waals surface area contributed by atoms with Gasteiger partial charge in [-0.3, -0.25) is 9.69 Å². The Hall–Kier alpha value is -3.90. The summed E-state index contributed by atoms with van der Waals surface area (Å²) in [6.07, 6.45) is 13.5. The van der Waals surface area contributed by atoms with E-state index in [0.717, 1.165) is 63.4 Å². The summed E-state index contributed by atoms with van der Waals surface area (Å²) >= 11 is 0. The molecule has 2 aromatic heterocycles. The first kappa shape index (κ1) is 35.4. The van der Waals surface area contributed by atoms with Crippen LogP contribution in [0.25, 0.3) is 11.5 Å². The van der Waals surface area contributed by atoms with Gasteiger partial charge in [-0.25, -0.2) is 14.8 Å². The van der Waals surface area contributed by atoms with Crippen LogP contribution in [0, 0.1) is 6.92 Å². The van der Waals surface area contributed by atoms with Gasteiger partial charge in [0.15, 0.2) is 0 Å². The zero-order chi connectivity index (χ0) is 33.9. The molecular weight excluding hydrogens is 608 g/mol. The summed E-state index contributed by atoms with van der Waals surface area (Å²) in [7, 11) is 0. The lowest BCUT2D eigenvalue weighted by Gasteiger charge is -2.34. The number of fused-ring (bicyclic) bond motifs is 1. The molecular formula is C36H52N8O4. The van der Waals surface area contributed by atoms with Crippen molar-refractivity contribution < 1.29 is 18.7 Å². The first-order chi connectivity index (χ1) is 23.2. The maximum absolute atomic E-state index is 12.4. The van der Waals surface area contributed by atoms with E-state index in [4.69, 9.17) is 9.15 Å². The van der Waals surface area contributed by atoms with Gasteiger partial charge in [-0.1, -0.05) is 51.9 Å². The van der Waals surface area contributed by atoms with Crippen molar-refractivity contribution in [1.29, 1.82) is 0 Å². The Bertz CT molecular complexity index is 1520. The minimum absolute atomic E-state index is 0.141. The summed E-state index contributed by atoms with van der Waals surface area (Å²) in [5, 5.41) is 14.8. The second kappa shape index (κ2) is 17.0. The van der Waals surface area contributed by atoms with Crippen molar-refractivity contribution in [2.75, 3.05) is 51.1 Å². The molecule has 0 aliphatic carbocycles. The molecule has 2 N–H and O–H groups in total. The number of hydrogen-bond acceptors (Lipinski definition) is 11. The Balaban J connectivity index is 0.982. The molecule has 1 amide bonds. The molecule has 12 nitrogen and oxygen atoms in total. The summed E-state index contributed by atoms with van der Waals surface area (Å²) in [5.41, 5.74) is 2.89. The van der Waals surface area contributed by atoms with Gasteiger partial charge in [0.2, 0.25) is 17.7 Å². The highest BCUT2D eigenvalue weighted by Crippen LogP contribution is 2.37. The van der Waals surface area contributed by atoms with Crippen molar-refractivity contribution in [2.24, 2.45) is 0 Å². The molecule has 3 aromatic rings. The smallest absolute Gasteiger partial charge is 0.339 e. The lowest BCUT2D eigenvalue weighted by molar-refractivity contribution is -0.122. The second-order valence-electron chi connectivity index (χ2n) is 13.5. The molecule has 0 bridgehead atoms. The van der Waals surface area contributed by atoms with E-state index in [1.165, 1.54) is 44.9 Å². The van der Waals surface area contributed by atoms with Gasteiger partial charge in [-0.05, 0) is 58.4 Å². The third kappa shape index (κ3) is 9.82. The molecule has 0 unspecified atom stereocenters. The number of carbonyl (C=O) groups is 2. The summed E-state index contributed by atoms with van der Waals surface area (Å²) in [6, 6.07) is 5.47. The lowest BCUT2D eigenvalue weighted by atomic mass is 9.95. The Kier molecular flexibility index (Phi) is 12.5. The first-order valence-electron chi connectivity index (χ1n) is 17.7. The van der Waals surface area contributed by atoms with Crippen LogP contribution in [0.3, 0.4) is 0 Å². The number of unbranched alkanes of at least 4 members (excludes halogenated alkanes) is 7. The van der Waals surface area contributed by atoms with Gasteiger partial charge in [0.1, 0.15) is 5.60 Å². The highest BCUT2D eigenvalue weighted by Gasteiger charge is 2.37. The van der Waals surface area contributed by atoms with Crippen LogP contribution < -0.4 is 10.6 Å². The fourth-order valence-electron chi connectivity index (χ4n) is 6.34. The normalized spacial score (nSPS) is 16.1. The van der Waals surface area contributed by atoms with E-state index < -0.39 is 5.60 Å². The molecule has 2 aliphatic heterocycles. The van der Waals surface area contributed by atoms with Crippen LogP contribution in [0.15, 0.2) is 28.8 Å². The number of benzene rings is 1. The molecule has 4 heterocycles. The van der Waals surface area contributed by atoms with E-state index in [2.05, 4.69) is 47.5 Å². The van der Waals surface area contributed by atoms with Crippen LogP contribution in [0.2, 0.25) is 0 Å². The van der Waals surface area contributed by atoms with Crippen LogP contribution >= 0.6 is 0 Å². The number of esters is 1. The number of nitrogens with zero attached hydrogens (tertiary/aromatic N) is 6. The van der Waals surface area contributed by atoms with Gasteiger partial charge in [-0.15, -0.1) is 10.2 Å². The van der Waals surface area contributed by atoms with Gasteiger partial charge in [0.25, 0.3) is 5.89 Å². The third-order valence-electron chi connectivity index (χ3n) is 9.22. The quantitative estimate of drug-likeness (QED) is 0.127. The zero-order valence-electron chi connectivity index (χ0n) is 29.1. The predicted octanol–water partition coefficient (Wildman–Crippen LogP) is 5.79. The Morgan fingerprint density at radius 3 is 2.42 bits per heavy atom. The molecule has 0 spiro atoms. The SMILES string of the molecule is CCCCCCCCCCNC(=O)CN1CCN(CCCc2nnc(-c3cnc(Nc4ccc5c(c4)C(C)(C)OC5=O)nc3C)o2)CC1. The third-order valence-corrected chi connectivity index (χ3v) is 9.22. The van der Waals surface area contributed by atoms with Crippen molar-refractivity contribution in [2.45, 2.75) is 97.5 Å². The molecule has 5 rings (SSSR count). The number of aryl methyl sites for hydroxylation is 2. The second-order valence-corrected chi connectivity index (χ2v) is 13.5. The minimum Gasteiger partial charge on any atom is -0.451 e. The Labute approximate surface area is 284 Å². The monoisotopic (exact) mass is 660 g/mol. The number of cyclic esters (lactones) is 1. The molecule has 0 radical (unpaired) electrons. The standard InChI is InChI=1S/C36H52N8O4/c1-5-6-7-8-9-10-11-12-17-37-31(45)25-44-21-19-43(20-22-44)18-13-14-32-41-42-33(47-32)29-24-38-35(39-26(29)2)40-27-15-16-28-30(23-27)36(3,4)48-34(28)46/h15-16,23-24H,5-14,17-22,25H2,1-4H3,(H,37,45)(H,38,39,40). The predicted molar refractivity (Wildman–Crippen MR) is 185 cm³/mol. The molecule has 2 aliphatic rings. The number of ether oxygens (including phenoxy) is 1. The fraction of sp³-hybridized carbons (Fsp3) is 0.611. The van der Waals surface area contributed by atoms with Crippen LogP contribution in [-0.4, -0.2) is 87.7 Å². The van der Waals surface area contributed by atoms with Gasteiger partial charge in [0, 0.05) is 56.6 Å². The highest BCUT2D eigenvalue weighted by molar-refractivity contribution is 5.95. The average Bonchev–Trinajstić information content (AvgIpc) is 3.61. The van der Waals surface area contributed by atoms with Gasteiger partial charge >= 0.3 is 5.97 Å². The van der Waals surface area contributed by atoms with Crippen molar-refractivity contribution in [3.8, 4) is 11.5 Å². The molecule has 0 saturated carbocycles. The molecule has 0 atom stereocenters. The van der Waals surface area contributed by atoms with Crippen molar-refractivity contribution in [1.82, 2.24) is 35.3 Å². The fourth-order valence-corrected chi connectivity index (χ4v) is 6.34. The number of carbonyl (C=O) groups excluding carboxylic acids is 2. The Morgan fingerprint density at radius 1 is 0.938 bits per heavy atom. The van der Waals surface area contributed by atoms with Gasteiger partial charge in [-0.2, -0.15) is 0 Å². The molecule has 1 saturated heterocycles. The number of hydrogen-bond donors (Lipinski definition) is 2. The summed E-state index contributed by atoms with van der Waals surface area (Å²) in [4.78, 5) is 38.2. The number of aromatic nitrogens is 4. The van der Waals surface area contributed by atoms with Gasteiger partial charge < -0.3 is 24.7 Å². The summed E-state index contributed by atoms with van der Waals surface area (Å²) < 4.78 is 11.4. The Morgan fingerprint density at radius 2 is 1.67 bits per heavy atom. The van der Waals surface area contributed by atoms with Crippen molar-refractivity contribution in [3.05, 3.63) is 47.1 Å². The van der Waals surface area contributed by atoms with E-state index in [0.29, 0.717) is 47.5 Å². The maximum atomic E-state index is 12.4. The van der Waals surface area contributed by atoms with E-state index >= 15 is 0 Å². The zero-order valence-corrected chi connectivity index (χ0v) is 29.1. The summed E-state index contributed by atoms with van der Waals surface area (Å²) in [5.74, 6) is 1.26. The number of amides is 1. The molecule has 260 valence electrons. The maximum Gasteiger partial charge on any atom is 0.339 e. The van der Waals surface area contributed by atoms with Crippen LogP contribution in [-0.2, 0) is 21.6 Å². The molecule has 12 heteroatoms. The van der Waals surface area contributed by atoms with E-state index in [1.807, 2.05) is 32.9 Å². The summed E-state index contributed by atoms with van der Waals surface area (Å²) in [6.45, 7) is 13.8. The topological polar surface area (TPSA) is 139 Å². The molecule has 48 heavy (non-hydrogen) atoms. The minimum atomic E-state index is -0.680. The number of anilines is 2. The van der Waals surface area contributed by atoms with Gasteiger partial charge in [0.05, 0.1) is 23.4 Å². The van der Waals surface area contributed by atoms with E-state index in [1.54, 1.807) is 12.3 Å². The van der Waals surface area contributed by atoms with Crippen molar-refractivity contribution >= 4 is 23.5 Å². The van der Waals surface area contributed by atoms with E-state index in [-0.39, 0.29) is 11.9 Å². The van der Waals surface area contributed by atoms with Crippen molar-refractivity contribution in [3.63, 3.8) is 0 Å². The average molecular weight is 661 g/mol. The van der Waals surface area contributed by atoms with Crippen LogP contribution in [0.1, 0.15) is 106 Å². The number of piperazine rings is 1. The lowest BCUT2D eigenvalue weighted by Crippen LogP contribution is -2.49. The molecule has 1 aromatic carbocycles. The number of rotatable bonds is 18. The number of nitrogens with one attached hydrogen (secondary N) is 2. The van der Waals surface area contributed by atoms with E-state index in [9.17, 15) is 9.59 Å².